The normalized spacial score (nSPS) is 11.8. The number of hydrogen-bond acceptors (Lipinski definition) is 8. The van der Waals surface area contributed by atoms with Gasteiger partial charge in [-0.25, -0.2) is 4.79 Å². The first-order chi connectivity index (χ1) is 26.2. The van der Waals surface area contributed by atoms with Crippen molar-refractivity contribution in [2.24, 2.45) is 0 Å². The van der Waals surface area contributed by atoms with Crippen LogP contribution in [0.25, 0.3) is 40.0 Å². The van der Waals surface area contributed by atoms with Crippen LogP contribution in [0.15, 0.2) is 29.0 Å². The Kier molecular flexibility index (Phi) is 18.8. The van der Waals surface area contributed by atoms with E-state index in [2.05, 4.69) is 43.7 Å². The van der Waals surface area contributed by atoms with Gasteiger partial charge in [0, 0.05) is 26.4 Å². The molecule has 0 atom stereocenters. The molecular weight excluding hydrogens is 733 g/mol. The molecule has 0 saturated heterocycles. The van der Waals surface area contributed by atoms with Crippen LogP contribution in [-0.2, 0) is 4.74 Å². The molecular formula is C45H64O4S4. The molecule has 0 aliphatic rings. The molecule has 5 rings (SSSR count). The Morgan fingerprint density at radius 3 is 1.66 bits per heavy atom. The maximum atomic E-state index is 13.1. The van der Waals surface area contributed by atoms with Crippen LogP contribution in [0.1, 0.15) is 172 Å². The van der Waals surface area contributed by atoms with E-state index in [-0.39, 0.29) is 5.97 Å². The first-order valence-corrected chi connectivity index (χ1v) is 24.5. The molecule has 0 N–H and O–H groups in total. The molecule has 53 heavy (non-hydrogen) atoms. The summed E-state index contributed by atoms with van der Waals surface area (Å²) in [6.07, 6.45) is 27.6. The largest absolute Gasteiger partial charge is 0.491 e. The highest BCUT2D eigenvalue weighted by Gasteiger charge is 2.23. The van der Waals surface area contributed by atoms with Crippen LogP contribution in [0.3, 0.4) is 0 Å². The lowest BCUT2D eigenvalue weighted by Gasteiger charge is -2.14. The fraction of sp³-hybridized carbons (Fsp3) is 0.622. The van der Waals surface area contributed by atoms with Crippen LogP contribution in [0, 0.1) is 0 Å². The minimum absolute atomic E-state index is 0.189. The minimum atomic E-state index is -0.189. The van der Waals surface area contributed by atoms with E-state index >= 15 is 0 Å². The molecule has 292 valence electrons. The number of carbonyl (C=O) groups excluding carboxylic acids is 1. The average Bonchev–Trinajstić information content (AvgIpc) is 3.98. The lowest BCUT2D eigenvalue weighted by Crippen LogP contribution is -2.04. The smallest absolute Gasteiger partial charge is 0.348 e. The number of esters is 1. The zero-order chi connectivity index (χ0) is 37.1. The van der Waals surface area contributed by atoms with Gasteiger partial charge in [-0.05, 0) is 42.8 Å². The van der Waals surface area contributed by atoms with E-state index in [1.807, 2.05) is 6.07 Å². The van der Waals surface area contributed by atoms with Gasteiger partial charge in [-0.3, -0.25) is 0 Å². The van der Waals surface area contributed by atoms with Crippen molar-refractivity contribution >= 4 is 81.6 Å². The lowest BCUT2D eigenvalue weighted by molar-refractivity contribution is 0.0503. The van der Waals surface area contributed by atoms with Gasteiger partial charge < -0.3 is 14.2 Å². The molecule has 0 aliphatic carbocycles. The number of carbonyl (C=O) groups is 1. The number of hydrogen-bond donors (Lipinski definition) is 0. The number of rotatable bonds is 29. The van der Waals surface area contributed by atoms with Gasteiger partial charge in [0.25, 0.3) is 0 Å². The van der Waals surface area contributed by atoms with E-state index in [4.69, 9.17) is 14.2 Å². The van der Waals surface area contributed by atoms with Gasteiger partial charge in [0.1, 0.15) is 16.4 Å². The maximum absolute atomic E-state index is 13.1. The van der Waals surface area contributed by atoms with E-state index in [0.29, 0.717) is 11.5 Å². The third-order valence-corrected chi connectivity index (χ3v) is 14.7. The second-order valence-electron chi connectivity index (χ2n) is 14.7. The van der Waals surface area contributed by atoms with Crippen LogP contribution in [0.4, 0.5) is 0 Å². The molecule has 4 aromatic heterocycles. The van der Waals surface area contributed by atoms with Crippen molar-refractivity contribution in [3.8, 4) is 21.3 Å². The predicted molar refractivity (Wildman–Crippen MR) is 236 cm³/mol. The first-order valence-electron chi connectivity index (χ1n) is 21.1. The van der Waals surface area contributed by atoms with Gasteiger partial charge in [0.05, 0.1) is 38.8 Å². The third kappa shape index (κ3) is 12.4. The lowest BCUT2D eigenvalue weighted by atomic mass is 10.1. The number of unbranched alkanes of at least 4 members (excludes halogenated alkanes) is 19. The van der Waals surface area contributed by atoms with Crippen LogP contribution in [0.5, 0.6) is 11.5 Å². The monoisotopic (exact) mass is 796 g/mol. The van der Waals surface area contributed by atoms with Gasteiger partial charge in [-0.15, -0.1) is 45.3 Å². The van der Waals surface area contributed by atoms with Crippen molar-refractivity contribution in [2.75, 3.05) is 19.8 Å². The molecule has 0 saturated carbocycles. The molecule has 0 fully saturated rings. The summed E-state index contributed by atoms with van der Waals surface area (Å²) in [5.41, 5.74) is 0. The average molecular weight is 797 g/mol. The Morgan fingerprint density at radius 2 is 1.08 bits per heavy atom. The van der Waals surface area contributed by atoms with Crippen LogP contribution in [0.2, 0.25) is 0 Å². The van der Waals surface area contributed by atoms with Crippen molar-refractivity contribution in [3.63, 3.8) is 0 Å². The Balaban J connectivity index is 1.27. The van der Waals surface area contributed by atoms with Gasteiger partial charge in [-0.1, -0.05) is 143 Å². The van der Waals surface area contributed by atoms with Gasteiger partial charge in [-0.2, -0.15) is 0 Å². The molecule has 0 unspecified atom stereocenters. The summed E-state index contributed by atoms with van der Waals surface area (Å²) in [5, 5.41) is 7.81. The molecule has 4 nitrogen and oxygen atoms in total. The second kappa shape index (κ2) is 23.7. The summed E-state index contributed by atoms with van der Waals surface area (Å²) in [6.45, 7) is 8.77. The highest BCUT2D eigenvalue weighted by molar-refractivity contribution is 7.30. The summed E-state index contributed by atoms with van der Waals surface area (Å²) in [4.78, 5) is 16.2. The fourth-order valence-electron chi connectivity index (χ4n) is 7.09. The quantitative estimate of drug-likeness (QED) is 0.0357. The van der Waals surface area contributed by atoms with E-state index in [0.717, 1.165) is 61.2 Å². The number of thiophene rings is 4. The van der Waals surface area contributed by atoms with E-state index < -0.39 is 0 Å². The summed E-state index contributed by atoms with van der Waals surface area (Å²) in [5.74, 6) is 1.82. The molecule has 5 aromatic rings. The standard InChI is InChI=1S/C45H64O4S4/c1-4-7-10-13-16-17-18-19-22-25-29-49-45(46)38-31-34-33-51-44(41(34)53-38)37-32-36-40(48-28-24-21-15-12-9-6-3)42-35(26-30-50-42)39(43(36)52-37)47-27-23-20-14-11-8-5-2/h26,30-33H,4-25,27-29H2,1-3H3. The molecule has 1 aromatic carbocycles. The Bertz CT molecular complexity index is 1710. The van der Waals surface area contributed by atoms with Gasteiger partial charge in [0.15, 0.2) is 0 Å². The number of ether oxygens (including phenoxy) is 3. The number of benzene rings is 1. The van der Waals surface area contributed by atoms with Crippen molar-refractivity contribution in [1.29, 1.82) is 0 Å². The highest BCUT2D eigenvalue weighted by atomic mass is 32.1. The Morgan fingerprint density at radius 1 is 0.547 bits per heavy atom. The van der Waals surface area contributed by atoms with E-state index in [1.165, 1.54) is 145 Å². The van der Waals surface area contributed by atoms with Crippen molar-refractivity contribution in [1.82, 2.24) is 0 Å². The topological polar surface area (TPSA) is 44.8 Å². The zero-order valence-electron chi connectivity index (χ0n) is 32.8. The zero-order valence-corrected chi connectivity index (χ0v) is 36.1. The third-order valence-electron chi connectivity index (χ3n) is 10.2. The Hall–Kier alpha value is -2.13. The Labute approximate surface area is 335 Å². The van der Waals surface area contributed by atoms with Crippen LogP contribution < -0.4 is 9.47 Å². The summed E-state index contributed by atoms with van der Waals surface area (Å²) in [6, 6.07) is 6.55. The summed E-state index contributed by atoms with van der Waals surface area (Å²) >= 11 is 6.89. The summed E-state index contributed by atoms with van der Waals surface area (Å²) < 4.78 is 22.6. The van der Waals surface area contributed by atoms with E-state index in [1.54, 1.807) is 45.3 Å². The predicted octanol–water partition coefficient (Wildman–Crippen LogP) is 16.6. The maximum Gasteiger partial charge on any atom is 0.348 e. The van der Waals surface area contributed by atoms with Gasteiger partial charge >= 0.3 is 5.97 Å². The van der Waals surface area contributed by atoms with Crippen molar-refractivity contribution < 1.29 is 19.0 Å². The number of fused-ring (bicyclic) bond motifs is 3. The fourth-order valence-corrected chi connectivity index (χ4v) is 11.6. The molecule has 4 heterocycles. The summed E-state index contributed by atoms with van der Waals surface area (Å²) in [7, 11) is 0. The molecule has 0 aliphatic heterocycles. The van der Waals surface area contributed by atoms with E-state index in [9.17, 15) is 4.79 Å². The molecule has 0 radical (unpaired) electrons. The SMILES string of the molecule is CCCCCCCCCCCCOC(=O)c1cc2csc(-c3cc4c(OCCCCCCCC)c5sccc5c(OCCCCCCCC)c4s3)c2s1. The molecule has 0 amide bonds. The highest BCUT2D eigenvalue weighted by Crippen LogP contribution is 2.52. The minimum Gasteiger partial charge on any atom is -0.491 e. The second-order valence-corrected chi connectivity index (χ2v) is 18.6. The van der Waals surface area contributed by atoms with Crippen molar-refractivity contribution in [3.05, 3.63) is 33.8 Å². The van der Waals surface area contributed by atoms with Gasteiger partial charge in [0.2, 0.25) is 0 Å². The van der Waals surface area contributed by atoms with Crippen LogP contribution >= 0.6 is 45.3 Å². The molecule has 8 heteroatoms. The molecule has 0 spiro atoms. The first kappa shape index (κ1) is 42.0. The molecule has 0 bridgehead atoms. The van der Waals surface area contributed by atoms with Crippen LogP contribution in [-0.4, -0.2) is 25.8 Å². The van der Waals surface area contributed by atoms with Crippen molar-refractivity contribution in [2.45, 2.75) is 162 Å².